The molecule has 1 aromatic rings. The molecular weight excluding hydrogens is 364 g/mol. The second-order valence-electron chi connectivity index (χ2n) is 5.72. The SMILES string of the molecule is COC(c1ccc(Br)cc1)C(C)NC(=O)N1CCC(C(=O)O)C1. The molecule has 1 aliphatic heterocycles. The highest BCUT2D eigenvalue weighted by molar-refractivity contribution is 9.10. The van der Waals surface area contributed by atoms with Crippen LogP contribution in [0.25, 0.3) is 0 Å². The number of carboxylic acid groups (broad SMARTS) is 1. The lowest BCUT2D eigenvalue weighted by atomic mass is 10.0. The van der Waals surface area contributed by atoms with Crippen molar-refractivity contribution in [2.24, 2.45) is 5.92 Å². The molecule has 1 fully saturated rings. The first-order valence-electron chi connectivity index (χ1n) is 7.49. The van der Waals surface area contributed by atoms with Gasteiger partial charge in [-0.05, 0) is 31.0 Å². The predicted molar refractivity (Wildman–Crippen MR) is 89.2 cm³/mol. The van der Waals surface area contributed by atoms with Crippen molar-refractivity contribution in [1.82, 2.24) is 10.2 Å². The zero-order valence-corrected chi connectivity index (χ0v) is 14.7. The molecule has 3 atom stereocenters. The zero-order valence-electron chi connectivity index (χ0n) is 13.2. The fourth-order valence-corrected chi connectivity index (χ4v) is 3.05. The Bertz CT molecular complexity index is 564. The third kappa shape index (κ3) is 4.45. The zero-order chi connectivity index (χ0) is 17.0. The molecule has 1 aliphatic rings. The van der Waals surface area contributed by atoms with E-state index in [2.05, 4.69) is 21.2 Å². The molecule has 2 rings (SSSR count). The van der Waals surface area contributed by atoms with Gasteiger partial charge < -0.3 is 20.1 Å². The minimum absolute atomic E-state index is 0.238. The monoisotopic (exact) mass is 384 g/mol. The number of carboxylic acids is 1. The van der Waals surface area contributed by atoms with Crippen LogP contribution in [0.15, 0.2) is 28.7 Å². The molecule has 2 N–H and O–H groups in total. The van der Waals surface area contributed by atoms with E-state index < -0.39 is 11.9 Å². The van der Waals surface area contributed by atoms with E-state index in [-0.39, 0.29) is 24.7 Å². The van der Waals surface area contributed by atoms with Crippen LogP contribution in [0, 0.1) is 5.92 Å². The number of rotatable bonds is 5. The summed E-state index contributed by atoms with van der Waals surface area (Å²) in [4.78, 5) is 24.8. The number of ether oxygens (including phenoxy) is 1. The maximum Gasteiger partial charge on any atom is 0.317 e. The molecule has 0 saturated carbocycles. The fourth-order valence-electron chi connectivity index (χ4n) is 2.79. The van der Waals surface area contributed by atoms with Gasteiger partial charge in [-0.3, -0.25) is 4.79 Å². The van der Waals surface area contributed by atoms with Crippen molar-refractivity contribution in [3.63, 3.8) is 0 Å². The smallest absolute Gasteiger partial charge is 0.317 e. The summed E-state index contributed by atoms with van der Waals surface area (Å²) in [6.07, 6.45) is 0.224. The number of carbonyl (C=O) groups excluding carboxylic acids is 1. The van der Waals surface area contributed by atoms with Gasteiger partial charge in [0.25, 0.3) is 0 Å². The van der Waals surface area contributed by atoms with E-state index in [1.807, 2.05) is 31.2 Å². The lowest BCUT2D eigenvalue weighted by Gasteiger charge is -2.26. The first-order chi connectivity index (χ1) is 10.9. The van der Waals surface area contributed by atoms with Gasteiger partial charge in [-0.2, -0.15) is 0 Å². The second-order valence-corrected chi connectivity index (χ2v) is 6.63. The summed E-state index contributed by atoms with van der Waals surface area (Å²) >= 11 is 3.39. The van der Waals surface area contributed by atoms with Gasteiger partial charge in [0.2, 0.25) is 0 Å². The first kappa shape index (κ1) is 17.7. The molecule has 23 heavy (non-hydrogen) atoms. The molecule has 126 valence electrons. The van der Waals surface area contributed by atoms with Crippen molar-refractivity contribution in [1.29, 1.82) is 0 Å². The maximum atomic E-state index is 12.3. The number of nitrogens with zero attached hydrogens (tertiary/aromatic N) is 1. The summed E-state index contributed by atoms with van der Waals surface area (Å²) in [6, 6.07) is 7.24. The van der Waals surface area contributed by atoms with Crippen LogP contribution in [0.5, 0.6) is 0 Å². The Hall–Kier alpha value is -1.60. The first-order valence-corrected chi connectivity index (χ1v) is 8.28. The van der Waals surface area contributed by atoms with Crippen molar-refractivity contribution < 1.29 is 19.4 Å². The number of amides is 2. The van der Waals surface area contributed by atoms with Crippen molar-refractivity contribution >= 4 is 27.9 Å². The van der Waals surface area contributed by atoms with Crippen LogP contribution in [-0.4, -0.2) is 48.2 Å². The Morgan fingerprint density at radius 3 is 2.57 bits per heavy atom. The van der Waals surface area contributed by atoms with Gasteiger partial charge in [0.05, 0.1) is 12.0 Å². The number of urea groups is 1. The molecule has 0 spiro atoms. The van der Waals surface area contributed by atoms with Gasteiger partial charge in [0.1, 0.15) is 6.10 Å². The highest BCUT2D eigenvalue weighted by atomic mass is 79.9. The van der Waals surface area contributed by atoms with Gasteiger partial charge in [0, 0.05) is 24.7 Å². The van der Waals surface area contributed by atoms with Crippen LogP contribution >= 0.6 is 15.9 Å². The highest BCUT2D eigenvalue weighted by Crippen LogP contribution is 2.23. The average Bonchev–Trinajstić information content (AvgIpc) is 3.00. The summed E-state index contributed by atoms with van der Waals surface area (Å²) in [5.41, 5.74) is 0.966. The highest BCUT2D eigenvalue weighted by Gasteiger charge is 2.32. The number of methoxy groups -OCH3 is 1. The van der Waals surface area contributed by atoms with E-state index in [0.29, 0.717) is 13.0 Å². The second kappa shape index (κ2) is 7.79. The number of hydrogen-bond acceptors (Lipinski definition) is 3. The van der Waals surface area contributed by atoms with Crippen molar-refractivity contribution in [2.45, 2.75) is 25.5 Å². The van der Waals surface area contributed by atoms with Crippen LogP contribution in [0.3, 0.4) is 0 Å². The van der Waals surface area contributed by atoms with Gasteiger partial charge in [-0.25, -0.2) is 4.79 Å². The number of nitrogens with one attached hydrogen (secondary N) is 1. The molecule has 0 aromatic heterocycles. The third-order valence-corrected chi connectivity index (χ3v) is 4.61. The Balaban J connectivity index is 1.96. The Kier molecular flexibility index (Phi) is 6.01. The molecule has 1 aromatic carbocycles. The van der Waals surface area contributed by atoms with Crippen molar-refractivity contribution in [2.75, 3.05) is 20.2 Å². The summed E-state index contributed by atoms with van der Waals surface area (Å²) in [7, 11) is 1.60. The number of benzene rings is 1. The van der Waals surface area contributed by atoms with Crippen LogP contribution in [-0.2, 0) is 9.53 Å². The molecule has 1 heterocycles. The molecular formula is C16H21BrN2O4. The summed E-state index contributed by atoms with van der Waals surface area (Å²) in [5, 5.41) is 11.9. The summed E-state index contributed by atoms with van der Waals surface area (Å²) < 4.78 is 6.49. The van der Waals surface area contributed by atoms with Crippen molar-refractivity contribution in [3.05, 3.63) is 34.3 Å². The quantitative estimate of drug-likeness (QED) is 0.817. The standard InChI is InChI=1S/C16H21BrN2O4/c1-10(14(23-2)11-3-5-13(17)6-4-11)18-16(22)19-8-7-12(9-19)15(20)21/h3-6,10,12,14H,7-9H2,1-2H3,(H,18,22)(H,20,21). The Labute approximate surface area is 143 Å². The van der Waals surface area contributed by atoms with E-state index in [9.17, 15) is 9.59 Å². The summed E-state index contributed by atoms with van der Waals surface area (Å²) in [5.74, 6) is -1.32. The molecule has 0 aliphatic carbocycles. The molecule has 3 unspecified atom stereocenters. The lowest BCUT2D eigenvalue weighted by Crippen LogP contribution is -2.45. The van der Waals surface area contributed by atoms with Gasteiger partial charge >= 0.3 is 12.0 Å². The Morgan fingerprint density at radius 1 is 1.39 bits per heavy atom. The van der Waals surface area contributed by atoms with E-state index in [1.165, 1.54) is 0 Å². The number of likely N-dealkylation sites (tertiary alicyclic amines) is 1. The van der Waals surface area contributed by atoms with Crippen molar-refractivity contribution in [3.8, 4) is 0 Å². The molecule has 2 amide bonds. The fraction of sp³-hybridized carbons (Fsp3) is 0.500. The summed E-state index contributed by atoms with van der Waals surface area (Å²) in [6.45, 7) is 2.59. The molecule has 1 saturated heterocycles. The number of aliphatic carboxylic acids is 1. The molecule has 6 nitrogen and oxygen atoms in total. The average molecular weight is 385 g/mol. The minimum Gasteiger partial charge on any atom is -0.481 e. The number of hydrogen-bond donors (Lipinski definition) is 2. The van der Waals surface area contributed by atoms with Crippen LogP contribution in [0.2, 0.25) is 0 Å². The van der Waals surface area contributed by atoms with Crippen LogP contribution in [0.1, 0.15) is 25.0 Å². The number of halogens is 1. The van der Waals surface area contributed by atoms with Gasteiger partial charge in [0.15, 0.2) is 0 Å². The van der Waals surface area contributed by atoms with E-state index in [4.69, 9.17) is 9.84 Å². The largest absolute Gasteiger partial charge is 0.481 e. The molecule has 0 radical (unpaired) electrons. The van der Waals surface area contributed by atoms with Gasteiger partial charge in [-0.1, -0.05) is 28.1 Å². The Morgan fingerprint density at radius 2 is 2.04 bits per heavy atom. The van der Waals surface area contributed by atoms with Crippen LogP contribution in [0.4, 0.5) is 4.79 Å². The predicted octanol–water partition coefficient (Wildman–Crippen LogP) is 2.64. The van der Waals surface area contributed by atoms with Crippen LogP contribution < -0.4 is 5.32 Å². The molecule has 0 bridgehead atoms. The van der Waals surface area contributed by atoms with E-state index in [0.717, 1.165) is 10.0 Å². The normalized spacial score (nSPS) is 20.1. The molecule has 7 heteroatoms. The van der Waals surface area contributed by atoms with E-state index >= 15 is 0 Å². The topological polar surface area (TPSA) is 78.9 Å². The number of carbonyl (C=O) groups is 2. The van der Waals surface area contributed by atoms with Gasteiger partial charge in [-0.15, -0.1) is 0 Å². The third-order valence-electron chi connectivity index (χ3n) is 4.08. The maximum absolute atomic E-state index is 12.3. The lowest BCUT2D eigenvalue weighted by molar-refractivity contribution is -0.141. The van der Waals surface area contributed by atoms with E-state index in [1.54, 1.807) is 12.0 Å². The minimum atomic E-state index is -0.849.